The number of anilines is 1. The van der Waals surface area contributed by atoms with Crippen LogP contribution in [0, 0.1) is 13.8 Å². The Labute approximate surface area is 87.2 Å². The van der Waals surface area contributed by atoms with Gasteiger partial charge in [0.15, 0.2) is 0 Å². The van der Waals surface area contributed by atoms with E-state index < -0.39 is 0 Å². The van der Waals surface area contributed by atoms with E-state index in [0.717, 1.165) is 23.6 Å². The number of hydrogen-bond acceptors (Lipinski definition) is 3. The fraction of sp³-hybridized carbons (Fsp3) is 0.300. The van der Waals surface area contributed by atoms with Gasteiger partial charge in [0.05, 0.1) is 23.6 Å². The smallest absolute Gasteiger partial charge is 0.0826 e. The van der Waals surface area contributed by atoms with Crippen LogP contribution in [-0.4, -0.2) is 9.78 Å². The second-order valence-electron chi connectivity index (χ2n) is 3.37. The lowest BCUT2D eigenvalue weighted by Crippen LogP contribution is -2.03. The molecule has 2 N–H and O–H groups in total. The topological polar surface area (TPSA) is 43.8 Å². The predicted octanol–water partition coefficient (Wildman–Crippen LogP) is 2.19. The van der Waals surface area contributed by atoms with Gasteiger partial charge in [-0.1, -0.05) is 0 Å². The SMILES string of the molecule is Cc1nn(Cc2ccsc2)c(C)c1N. The van der Waals surface area contributed by atoms with Gasteiger partial charge in [-0.15, -0.1) is 0 Å². The number of nitrogen functional groups attached to an aromatic ring is 1. The molecule has 0 aromatic carbocycles. The fourth-order valence-electron chi connectivity index (χ4n) is 1.42. The Bertz CT molecular complexity index is 428. The molecule has 0 saturated carbocycles. The maximum Gasteiger partial charge on any atom is 0.0826 e. The molecule has 0 aliphatic heterocycles. The van der Waals surface area contributed by atoms with Gasteiger partial charge in [0, 0.05) is 0 Å². The summed E-state index contributed by atoms with van der Waals surface area (Å²) in [6.07, 6.45) is 0. The van der Waals surface area contributed by atoms with Crippen molar-refractivity contribution in [1.82, 2.24) is 9.78 Å². The van der Waals surface area contributed by atoms with Gasteiger partial charge in [-0.2, -0.15) is 16.4 Å². The summed E-state index contributed by atoms with van der Waals surface area (Å²) in [7, 11) is 0. The molecule has 74 valence electrons. The minimum Gasteiger partial charge on any atom is -0.396 e. The number of hydrogen-bond donors (Lipinski definition) is 1. The fourth-order valence-corrected chi connectivity index (χ4v) is 2.08. The number of nitrogens with two attached hydrogens (primary N) is 1. The van der Waals surface area contributed by atoms with Crippen molar-refractivity contribution in [2.75, 3.05) is 5.73 Å². The Morgan fingerprint density at radius 1 is 1.50 bits per heavy atom. The number of aryl methyl sites for hydroxylation is 1. The number of rotatable bonds is 2. The van der Waals surface area contributed by atoms with Crippen molar-refractivity contribution < 1.29 is 0 Å². The highest BCUT2D eigenvalue weighted by Crippen LogP contribution is 2.16. The summed E-state index contributed by atoms with van der Waals surface area (Å²) in [6, 6.07) is 2.11. The molecule has 0 spiro atoms. The summed E-state index contributed by atoms with van der Waals surface area (Å²) in [5.41, 5.74) is 9.90. The van der Waals surface area contributed by atoms with Crippen molar-refractivity contribution in [2.24, 2.45) is 0 Å². The molecular weight excluding hydrogens is 194 g/mol. The van der Waals surface area contributed by atoms with Gasteiger partial charge in [-0.05, 0) is 36.2 Å². The standard InChI is InChI=1S/C10H13N3S/c1-7-10(11)8(2)13(12-7)5-9-3-4-14-6-9/h3-4,6H,5,11H2,1-2H3. The molecular formula is C10H13N3S. The number of nitrogens with zero attached hydrogens (tertiary/aromatic N) is 2. The average Bonchev–Trinajstić information content (AvgIpc) is 2.73. The van der Waals surface area contributed by atoms with E-state index in [1.54, 1.807) is 11.3 Å². The van der Waals surface area contributed by atoms with E-state index in [-0.39, 0.29) is 0 Å². The van der Waals surface area contributed by atoms with Crippen molar-refractivity contribution in [3.05, 3.63) is 33.8 Å². The molecule has 14 heavy (non-hydrogen) atoms. The highest BCUT2D eigenvalue weighted by Gasteiger charge is 2.07. The number of thiophene rings is 1. The Balaban J connectivity index is 2.30. The molecule has 0 unspecified atom stereocenters. The minimum absolute atomic E-state index is 0.806. The Morgan fingerprint density at radius 2 is 2.29 bits per heavy atom. The first-order valence-corrected chi connectivity index (χ1v) is 5.43. The summed E-state index contributed by atoms with van der Waals surface area (Å²) in [5.74, 6) is 0. The van der Waals surface area contributed by atoms with Gasteiger partial charge < -0.3 is 5.73 Å². The Hall–Kier alpha value is -1.29. The number of aromatic nitrogens is 2. The van der Waals surface area contributed by atoms with Gasteiger partial charge in [0.25, 0.3) is 0 Å². The molecule has 0 radical (unpaired) electrons. The molecule has 0 bridgehead atoms. The third-order valence-electron chi connectivity index (χ3n) is 2.35. The summed E-state index contributed by atoms with van der Waals surface area (Å²) >= 11 is 1.70. The quantitative estimate of drug-likeness (QED) is 0.820. The van der Waals surface area contributed by atoms with E-state index in [2.05, 4.69) is 21.9 Å². The van der Waals surface area contributed by atoms with Crippen LogP contribution in [-0.2, 0) is 6.54 Å². The summed E-state index contributed by atoms with van der Waals surface area (Å²) in [6.45, 7) is 4.75. The van der Waals surface area contributed by atoms with Crippen LogP contribution >= 0.6 is 11.3 Å². The zero-order chi connectivity index (χ0) is 10.1. The first kappa shape index (κ1) is 9.27. The third kappa shape index (κ3) is 1.53. The maximum atomic E-state index is 5.85. The van der Waals surface area contributed by atoms with Crippen LogP contribution in [0.15, 0.2) is 16.8 Å². The van der Waals surface area contributed by atoms with Crippen molar-refractivity contribution >= 4 is 17.0 Å². The van der Waals surface area contributed by atoms with Crippen molar-refractivity contribution in [3.63, 3.8) is 0 Å². The predicted molar refractivity (Wildman–Crippen MR) is 59.5 cm³/mol. The van der Waals surface area contributed by atoms with Crippen LogP contribution in [0.1, 0.15) is 17.0 Å². The van der Waals surface area contributed by atoms with Crippen LogP contribution in [0.2, 0.25) is 0 Å². The molecule has 0 atom stereocenters. The average molecular weight is 207 g/mol. The summed E-state index contributed by atoms with van der Waals surface area (Å²) in [4.78, 5) is 0. The molecule has 2 aromatic heterocycles. The summed E-state index contributed by atoms with van der Waals surface area (Å²) < 4.78 is 1.95. The van der Waals surface area contributed by atoms with E-state index in [1.807, 2.05) is 18.5 Å². The Morgan fingerprint density at radius 3 is 2.79 bits per heavy atom. The highest BCUT2D eigenvalue weighted by molar-refractivity contribution is 7.07. The van der Waals surface area contributed by atoms with Crippen molar-refractivity contribution in [1.29, 1.82) is 0 Å². The monoisotopic (exact) mass is 207 g/mol. The van der Waals surface area contributed by atoms with Gasteiger partial charge >= 0.3 is 0 Å². The zero-order valence-electron chi connectivity index (χ0n) is 8.32. The van der Waals surface area contributed by atoms with Gasteiger partial charge in [0.1, 0.15) is 0 Å². The molecule has 0 saturated heterocycles. The highest BCUT2D eigenvalue weighted by atomic mass is 32.1. The first-order chi connectivity index (χ1) is 6.68. The largest absolute Gasteiger partial charge is 0.396 e. The lowest BCUT2D eigenvalue weighted by molar-refractivity contribution is 0.660. The van der Waals surface area contributed by atoms with Crippen molar-refractivity contribution in [2.45, 2.75) is 20.4 Å². The second kappa shape index (κ2) is 3.46. The van der Waals surface area contributed by atoms with E-state index >= 15 is 0 Å². The lowest BCUT2D eigenvalue weighted by atomic mass is 10.3. The van der Waals surface area contributed by atoms with Crippen LogP contribution in [0.5, 0.6) is 0 Å². The van der Waals surface area contributed by atoms with E-state index in [4.69, 9.17) is 5.73 Å². The molecule has 3 nitrogen and oxygen atoms in total. The normalized spacial score (nSPS) is 10.7. The summed E-state index contributed by atoms with van der Waals surface area (Å²) in [5, 5.41) is 8.59. The minimum atomic E-state index is 0.806. The van der Waals surface area contributed by atoms with Gasteiger partial charge in [0.2, 0.25) is 0 Å². The lowest BCUT2D eigenvalue weighted by Gasteiger charge is -2.01. The molecule has 0 amide bonds. The van der Waals surface area contributed by atoms with Gasteiger partial charge in [-0.25, -0.2) is 0 Å². The molecule has 2 aromatic rings. The van der Waals surface area contributed by atoms with E-state index in [0.29, 0.717) is 0 Å². The van der Waals surface area contributed by atoms with Crippen LogP contribution in [0.4, 0.5) is 5.69 Å². The molecule has 0 aliphatic carbocycles. The third-order valence-corrected chi connectivity index (χ3v) is 3.08. The molecule has 4 heteroatoms. The molecule has 2 rings (SSSR count). The molecule has 2 heterocycles. The van der Waals surface area contributed by atoms with Crippen LogP contribution < -0.4 is 5.73 Å². The van der Waals surface area contributed by atoms with Crippen LogP contribution in [0.3, 0.4) is 0 Å². The van der Waals surface area contributed by atoms with Gasteiger partial charge in [-0.3, -0.25) is 4.68 Å². The second-order valence-corrected chi connectivity index (χ2v) is 4.15. The maximum absolute atomic E-state index is 5.85. The zero-order valence-corrected chi connectivity index (χ0v) is 9.14. The van der Waals surface area contributed by atoms with Crippen molar-refractivity contribution in [3.8, 4) is 0 Å². The molecule has 0 aliphatic rings. The first-order valence-electron chi connectivity index (χ1n) is 4.49. The molecule has 0 fully saturated rings. The van der Waals surface area contributed by atoms with Crippen LogP contribution in [0.25, 0.3) is 0 Å². The van der Waals surface area contributed by atoms with E-state index in [9.17, 15) is 0 Å². The Kier molecular flexibility index (Phi) is 2.29. The van der Waals surface area contributed by atoms with E-state index in [1.165, 1.54) is 5.56 Å².